The number of nitrogens with zero attached hydrogens (tertiary/aromatic N) is 1. The highest BCUT2D eigenvalue weighted by Crippen LogP contribution is 1.86. The Bertz CT molecular complexity index is 169. The van der Waals surface area contributed by atoms with Crippen molar-refractivity contribution in [1.29, 1.82) is 0 Å². The van der Waals surface area contributed by atoms with Gasteiger partial charge in [-0.15, -0.1) is 0 Å². The Balaban J connectivity index is 3.24. The molecule has 0 aromatic heterocycles. The lowest BCUT2D eigenvalue weighted by molar-refractivity contribution is -0.120. The number of hydrogen-bond donors (Lipinski definition) is 2. The molecular formula is C11H25N3O. The monoisotopic (exact) mass is 215 g/mol. The van der Waals surface area contributed by atoms with Crippen LogP contribution in [0.5, 0.6) is 0 Å². The van der Waals surface area contributed by atoms with E-state index >= 15 is 0 Å². The van der Waals surface area contributed by atoms with Crippen molar-refractivity contribution in [3.8, 4) is 0 Å². The molecule has 0 aromatic rings. The summed E-state index contributed by atoms with van der Waals surface area (Å²) in [6, 6.07) is 0. The summed E-state index contributed by atoms with van der Waals surface area (Å²) >= 11 is 0. The van der Waals surface area contributed by atoms with Crippen molar-refractivity contribution in [2.45, 2.75) is 20.3 Å². The number of amides is 1. The molecule has 2 N–H and O–H groups in total. The van der Waals surface area contributed by atoms with E-state index in [-0.39, 0.29) is 5.91 Å². The van der Waals surface area contributed by atoms with Crippen LogP contribution in [0.4, 0.5) is 0 Å². The van der Waals surface area contributed by atoms with Crippen molar-refractivity contribution in [3.05, 3.63) is 0 Å². The Morgan fingerprint density at radius 2 is 2.00 bits per heavy atom. The highest BCUT2D eigenvalue weighted by molar-refractivity contribution is 5.77. The lowest BCUT2D eigenvalue weighted by Crippen LogP contribution is -2.36. The van der Waals surface area contributed by atoms with Gasteiger partial charge in [-0.3, -0.25) is 4.79 Å². The van der Waals surface area contributed by atoms with Crippen molar-refractivity contribution < 1.29 is 4.79 Å². The minimum Gasteiger partial charge on any atom is -0.355 e. The molecule has 15 heavy (non-hydrogen) atoms. The average Bonchev–Trinajstić information content (AvgIpc) is 2.13. The summed E-state index contributed by atoms with van der Waals surface area (Å²) < 4.78 is 0. The third kappa shape index (κ3) is 11.3. The lowest BCUT2D eigenvalue weighted by Gasteiger charge is -2.10. The first-order chi connectivity index (χ1) is 7.02. The standard InChI is InChI=1S/C11H25N3O/c1-10(2)8-13-11(15)9-12-6-5-7-14(3)4/h10,12H,5-9H2,1-4H3,(H,13,15). The van der Waals surface area contributed by atoms with E-state index in [0.717, 1.165) is 26.1 Å². The smallest absolute Gasteiger partial charge is 0.233 e. The number of nitrogens with one attached hydrogen (secondary N) is 2. The average molecular weight is 215 g/mol. The van der Waals surface area contributed by atoms with Crippen LogP contribution in [0.1, 0.15) is 20.3 Å². The van der Waals surface area contributed by atoms with Crippen LogP contribution in [-0.4, -0.2) is 51.1 Å². The highest BCUT2D eigenvalue weighted by atomic mass is 16.1. The quantitative estimate of drug-likeness (QED) is 0.572. The molecule has 0 aliphatic carbocycles. The van der Waals surface area contributed by atoms with Crippen LogP contribution in [0.25, 0.3) is 0 Å². The second-order valence-electron chi connectivity index (χ2n) is 4.53. The third-order valence-corrected chi connectivity index (χ3v) is 1.95. The summed E-state index contributed by atoms with van der Waals surface area (Å²) in [4.78, 5) is 13.4. The molecule has 0 radical (unpaired) electrons. The zero-order valence-corrected chi connectivity index (χ0v) is 10.5. The Kier molecular flexibility index (Phi) is 8.33. The fraction of sp³-hybridized carbons (Fsp3) is 0.909. The molecule has 0 aliphatic rings. The fourth-order valence-corrected chi connectivity index (χ4v) is 1.10. The molecule has 0 atom stereocenters. The van der Waals surface area contributed by atoms with Gasteiger partial charge >= 0.3 is 0 Å². The molecule has 1 amide bonds. The van der Waals surface area contributed by atoms with E-state index in [0.29, 0.717) is 12.5 Å². The van der Waals surface area contributed by atoms with Gasteiger partial charge in [0.2, 0.25) is 5.91 Å². The van der Waals surface area contributed by atoms with Crippen LogP contribution in [0.3, 0.4) is 0 Å². The van der Waals surface area contributed by atoms with E-state index in [4.69, 9.17) is 0 Å². The molecule has 0 saturated carbocycles. The van der Waals surface area contributed by atoms with Crippen LogP contribution in [-0.2, 0) is 4.79 Å². The minimum atomic E-state index is 0.0913. The van der Waals surface area contributed by atoms with Gasteiger partial charge in [0.25, 0.3) is 0 Å². The van der Waals surface area contributed by atoms with E-state index in [9.17, 15) is 4.79 Å². The SMILES string of the molecule is CC(C)CNC(=O)CNCCCN(C)C. The second kappa shape index (κ2) is 8.68. The minimum absolute atomic E-state index is 0.0913. The first-order valence-electron chi connectivity index (χ1n) is 5.64. The van der Waals surface area contributed by atoms with Crippen LogP contribution >= 0.6 is 0 Å². The molecule has 0 heterocycles. The van der Waals surface area contributed by atoms with E-state index in [2.05, 4.69) is 43.5 Å². The summed E-state index contributed by atoms with van der Waals surface area (Å²) in [5.41, 5.74) is 0. The summed E-state index contributed by atoms with van der Waals surface area (Å²) in [7, 11) is 4.10. The van der Waals surface area contributed by atoms with Crippen LogP contribution < -0.4 is 10.6 Å². The van der Waals surface area contributed by atoms with Crippen LogP contribution in [0.2, 0.25) is 0 Å². The van der Waals surface area contributed by atoms with Crippen molar-refractivity contribution in [1.82, 2.24) is 15.5 Å². The topological polar surface area (TPSA) is 44.4 Å². The Labute approximate surface area is 93.4 Å². The highest BCUT2D eigenvalue weighted by Gasteiger charge is 2.00. The van der Waals surface area contributed by atoms with Crippen molar-refractivity contribution in [2.24, 2.45) is 5.92 Å². The predicted molar refractivity (Wildman–Crippen MR) is 63.9 cm³/mol. The molecular weight excluding hydrogens is 190 g/mol. The maximum Gasteiger partial charge on any atom is 0.233 e. The van der Waals surface area contributed by atoms with Crippen molar-refractivity contribution in [3.63, 3.8) is 0 Å². The van der Waals surface area contributed by atoms with Crippen LogP contribution in [0.15, 0.2) is 0 Å². The van der Waals surface area contributed by atoms with E-state index in [1.54, 1.807) is 0 Å². The van der Waals surface area contributed by atoms with Gasteiger partial charge in [0.15, 0.2) is 0 Å². The van der Waals surface area contributed by atoms with E-state index in [1.165, 1.54) is 0 Å². The summed E-state index contributed by atoms with van der Waals surface area (Å²) in [6.07, 6.45) is 1.07. The van der Waals surface area contributed by atoms with Crippen molar-refractivity contribution in [2.75, 3.05) is 40.3 Å². The molecule has 0 spiro atoms. The lowest BCUT2D eigenvalue weighted by atomic mass is 10.2. The number of carbonyl (C=O) groups excluding carboxylic acids is 1. The Hall–Kier alpha value is -0.610. The molecule has 0 saturated heterocycles. The van der Waals surface area contributed by atoms with Gasteiger partial charge in [-0.05, 0) is 39.5 Å². The zero-order valence-electron chi connectivity index (χ0n) is 10.5. The molecule has 0 rings (SSSR count). The molecule has 0 aromatic carbocycles. The number of rotatable bonds is 8. The van der Waals surface area contributed by atoms with E-state index < -0.39 is 0 Å². The molecule has 0 fully saturated rings. The van der Waals surface area contributed by atoms with Gasteiger partial charge < -0.3 is 15.5 Å². The summed E-state index contributed by atoms with van der Waals surface area (Å²) in [5, 5.41) is 6.00. The van der Waals surface area contributed by atoms with Crippen molar-refractivity contribution >= 4 is 5.91 Å². The van der Waals surface area contributed by atoms with Gasteiger partial charge in [0.1, 0.15) is 0 Å². The third-order valence-electron chi connectivity index (χ3n) is 1.95. The maximum absolute atomic E-state index is 11.3. The van der Waals surface area contributed by atoms with Gasteiger partial charge in [0, 0.05) is 6.54 Å². The Morgan fingerprint density at radius 1 is 1.33 bits per heavy atom. The van der Waals surface area contributed by atoms with Crippen LogP contribution in [0, 0.1) is 5.92 Å². The largest absolute Gasteiger partial charge is 0.355 e. The summed E-state index contributed by atoms with van der Waals surface area (Å²) in [5.74, 6) is 0.608. The fourth-order valence-electron chi connectivity index (χ4n) is 1.10. The summed E-state index contributed by atoms with van der Waals surface area (Å²) in [6.45, 7) is 7.32. The van der Waals surface area contributed by atoms with E-state index in [1.807, 2.05) is 0 Å². The maximum atomic E-state index is 11.3. The molecule has 90 valence electrons. The number of carbonyl (C=O) groups is 1. The van der Waals surface area contributed by atoms with Gasteiger partial charge in [-0.1, -0.05) is 13.8 Å². The first-order valence-corrected chi connectivity index (χ1v) is 5.64. The van der Waals surface area contributed by atoms with Gasteiger partial charge in [-0.2, -0.15) is 0 Å². The number of hydrogen-bond acceptors (Lipinski definition) is 3. The second-order valence-corrected chi connectivity index (χ2v) is 4.53. The van der Waals surface area contributed by atoms with Gasteiger partial charge in [-0.25, -0.2) is 0 Å². The molecule has 4 nitrogen and oxygen atoms in total. The van der Waals surface area contributed by atoms with Gasteiger partial charge in [0.05, 0.1) is 6.54 Å². The Morgan fingerprint density at radius 3 is 2.53 bits per heavy atom. The molecule has 0 bridgehead atoms. The normalized spacial score (nSPS) is 11.1. The molecule has 0 aliphatic heterocycles. The molecule has 0 unspecified atom stereocenters. The first kappa shape index (κ1) is 14.4. The zero-order chi connectivity index (χ0) is 11.7. The molecule has 4 heteroatoms. The predicted octanol–water partition coefficient (Wildman–Crippen LogP) is 0.300.